The highest BCUT2D eigenvalue weighted by Crippen LogP contribution is 2.31. The van der Waals surface area contributed by atoms with Crippen molar-refractivity contribution in [3.05, 3.63) is 85.1 Å². The average Bonchev–Trinajstić information content (AvgIpc) is 2.69. The Morgan fingerprint density at radius 1 is 1.00 bits per heavy atom. The standard InChI is InChI=1S/C20H11Br2ClN2O4S/c21-11-9-15-18(16(22)10-11)24-19(29-20(15)26)14-3-1-2-4-17(14)25-30(27,28)13-7-5-12(23)6-8-13/h1-10,25H. The summed E-state index contributed by atoms with van der Waals surface area (Å²) in [5.41, 5.74) is 0.353. The third kappa shape index (κ3) is 4.15. The van der Waals surface area contributed by atoms with Crippen LogP contribution in [-0.4, -0.2) is 13.4 Å². The number of benzene rings is 3. The van der Waals surface area contributed by atoms with Crippen LogP contribution in [0.15, 0.2) is 83.7 Å². The van der Waals surface area contributed by atoms with Crippen LogP contribution >= 0.6 is 43.5 Å². The third-order valence-electron chi connectivity index (χ3n) is 4.18. The van der Waals surface area contributed by atoms with Gasteiger partial charge in [-0.25, -0.2) is 18.2 Å². The van der Waals surface area contributed by atoms with E-state index in [1.807, 2.05) is 0 Å². The van der Waals surface area contributed by atoms with Gasteiger partial charge in [0.1, 0.15) is 0 Å². The largest absolute Gasteiger partial charge is 0.403 e. The Kier molecular flexibility index (Phi) is 5.71. The number of sulfonamides is 1. The highest BCUT2D eigenvalue weighted by atomic mass is 79.9. The zero-order valence-corrected chi connectivity index (χ0v) is 19.6. The number of halogens is 3. The maximum Gasteiger partial charge on any atom is 0.347 e. The molecule has 6 nitrogen and oxygen atoms in total. The summed E-state index contributed by atoms with van der Waals surface area (Å²) in [4.78, 5) is 17.0. The van der Waals surface area contributed by atoms with Crippen molar-refractivity contribution in [3.63, 3.8) is 0 Å². The molecule has 0 amide bonds. The molecular formula is C20H11Br2ClN2O4S. The summed E-state index contributed by atoms with van der Waals surface area (Å²) < 4.78 is 34.8. The van der Waals surface area contributed by atoms with Gasteiger partial charge in [0.15, 0.2) is 0 Å². The molecule has 0 saturated carbocycles. The molecular weight excluding hydrogens is 560 g/mol. The molecule has 0 aliphatic carbocycles. The van der Waals surface area contributed by atoms with E-state index in [0.717, 1.165) is 0 Å². The molecule has 10 heteroatoms. The minimum absolute atomic E-state index is 0.00933. The zero-order chi connectivity index (χ0) is 21.5. The van der Waals surface area contributed by atoms with E-state index in [1.165, 1.54) is 24.3 Å². The second-order valence-electron chi connectivity index (χ2n) is 6.20. The zero-order valence-electron chi connectivity index (χ0n) is 14.9. The maximum atomic E-state index is 12.8. The van der Waals surface area contributed by atoms with E-state index in [2.05, 4.69) is 41.6 Å². The molecule has 0 spiro atoms. The normalized spacial score (nSPS) is 11.6. The minimum Gasteiger partial charge on any atom is -0.403 e. The van der Waals surface area contributed by atoms with Crippen LogP contribution in [0.3, 0.4) is 0 Å². The number of hydrogen-bond acceptors (Lipinski definition) is 5. The SMILES string of the molecule is O=c1oc(-c2ccccc2NS(=O)(=O)c2ccc(Cl)cc2)nc2c(Br)cc(Br)cc12. The number of fused-ring (bicyclic) bond motifs is 1. The predicted molar refractivity (Wildman–Crippen MR) is 123 cm³/mol. The van der Waals surface area contributed by atoms with Gasteiger partial charge in [0.05, 0.1) is 27.0 Å². The summed E-state index contributed by atoms with van der Waals surface area (Å²) in [5.74, 6) is -0.00933. The van der Waals surface area contributed by atoms with Gasteiger partial charge in [0.2, 0.25) is 5.89 Å². The highest BCUT2D eigenvalue weighted by molar-refractivity contribution is 9.11. The van der Waals surface area contributed by atoms with Crippen molar-refractivity contribution in [1.82, 2.24) is 4.98 Å². The highest BCUT2D eigenvalue weighted by Gasteiger charge is 2.19. The van der Waals surface area contributed by atoms with Crippen molar-refractivity contribution in [3.8, 4) is 11.5 Å². The number of para-hydroxylation sites is 1. The van der Waals surface area contributed by atoms with Crippen molar-refractivity contribution in [1.29, 1.82) is 0 Å². The number of nitrogens with zero attached hydrogens (tertiary/aromatic N) is 1. The van der Waals surface area contributed by atoms with E-state index >= 15 is 0 Å². The van der Waals surface area contributed by atoms with E-state index < -0.39 is 15.6 Å². The van der Waals surface area contributed by atoms with E-state index in [1.54, 1.807) is 36.4 Å². The van der Waals surface area contributed by atoms with Gasteiger partial charge in [0, 0.05) is 14.0 Å². The van der Waals surface area contributed by atoms with E-state index in [4.69, 9.17) is 16.0 Å². The van der Waals surface area contributed by atoms with Gasteiger partial charge in [-0.15, -0.1) is 0 Å². The van der Waals surface area contributed by atoms with Crippen molar-refractivity contribution in [2.45, 2.75) is 4.90 Å². The molecule has 1 aromatic heterocycles. The van der Waals surface area contributed by atoms with Crippen LogP contribution in [0, 0.1) is 0 Å². The maximum absolute atomic E-state index is 12.8. The molecule has 0 bridgehead atoms. The van der Waals surface area contributed by atoms with Crippen molar-refractivity contribution in [2.24, 2.45) is 0 Å². The Balaban J connectivity index is 1.83. The lowest BCUT2D eigenvalue weighted by atomic mass is 10.1. The first-order valence-corrected chi connectivity index (χ1v) is 11.9. The van der Waals surface area contributed by atoms with Crippen LogP contribution < -0.4 is 10.3 Å². The number of aromatic nitrogens is 1. The monoisotopic (exact) mass is 568 g/mol. The minimum atomic E-state index is -3.90. The van der Waals surface area contributed by atoms with Crippen molar-refractivity contribution < 1.29 is 12.8 Å². The molecule has 0 radical (unpaired) electrons. The topological polar surface area (TPSA) is 89.3 Å². The molecule has 152 valence electrons. The van der Waals surface area contributed by atoms with Crippen LogP contribution in [0.1, 0.15) is 0 Å². The number of nitrogens with one attached hydrogen (secondary N) is 1. The fraction of sp³-hybridized carbons (Fsp3) is 0. The molecule has 1 heterocycles. The lowest BCUT2D eigenvalue weighted by Gasteiger charge is -2.12. The first-order valence-electron chi connectivity index (χ1n) is 8.42. The Morgan fingerprint density at radius 3 is 2.43 bits per heavy atom. The van der Waals surface area contributed by atoms with Crippen molar-refractivity contribution >= 4 is 70.1 Å². The summed E-state index contributed by atoms with van der Waals surface area (Å²) in [5, 5.41) is 0.716. The Morgan fingerprint density at radius 2 is 1.70 bits per heavy atom. The molecule has 4 aromatic rings. The molecule has 0 unspecified atom stereocenters. The lowest BCUT2D eigenvalue weighted by molar-refractivity contribution is 0.518. The van der Waals surface area contributed by atoms with Crippen LogP contribution in [0.25, 0.3) is 22.4 Å². The van der Waals surface area contributed by atoms with Gasteiger partial charge in [0.25, 0.3) is 10.0 Å². The van der Waals surface area contributed by atoms with E-state index in [-0.39, 0.29) is 16.5 Å². The fourth-order valence-corrected chi connectivity index (χ4v) is 5.31. The molecule has 0 fully saturated rings. The second-order valence-corrected chi connectivity index (χ2v) is 10.1. The molecule has 0 atom stereocenters. The third-order valence-corrected chi connectivity index (χ3v) is 6.87. The molecule has 0 aliphatic heterocycles. The van der Waals surface area contributed by atoms with Crippen LogP contribution in [0.2, 0.25) is 5.02 Å². The number of rotatable bonds is 4. The quantitative estimate of drug-likeness (QED) is 0.333. The summed E-state index contributed by atoms with van der Waals surface area (Å²) >= 11 is 12.6. The predicted octanol–water partition coefficient (Wildman–Crippen LogP) is 5.83. The summed E-state index contributed by atoms with van der Waals surface area (Å²) in [6.07, 6.45) is 0. The number of anilines is 1. The van der Waals surface area contributed by atoms with Crippen LogP contribution in [-0.2, 0) is 10.0 Å². The summed E-state index contributed by atoms with van der Waals surface area (Å²) in [6.45, 7) is 0. The molecule has 4 rings (SSSR count). The number of hydrogen-bond donors (Lipinski definition) is 1. The van der Waals surface area contributed by atoms with Gasteiger partial charge in [-0.3, -0.25) is 4.72 Å². The molecule has 3 aromatic carbocycles. The van der Waals surface area contributed by atoms with E-state index in [0.29, 0.717) is 30.4 Å². The summed E-state index contributed by atoms with van der Waals surface area (Å²) in [6, 6.07) is 15.7. The van der Waals surface area contributed by atoms with Gasteiger partial charge in [-0.05, 0) is 64.5 Å². The van der Waals surface area contributed by atoms with Gasteiger partial charge in [-0.1, -0.05) is 39.7 Å². The lowest BCUT2D eigenvalue weighted by Crippen LogP contribution is -2.14. The van der Waals surface area contributed by atoms with Crippen LogP contribution in [0.4, 0.5) is 5.69 Å². The van der Waals surface area contributed by atoms with Crippen LogP contribution in [0.5, 0.6) is 0 Å². The van der Waals surface area contributed by atoms with Gasteiger partial charge >= 0.3 is 5.63 Å². The Hall–Kier alpha value is -2.20. The first kappa shape index (κ1) is 21.0. The van der Waals surface area contributed by atoms with Crippen molar-refractivity contribution in [2.75, 3.05) is 4.72 Å². The average molecular weight is 571 g/mol. The molecule has 1 N–H and O–H groups in total. The molecule has 0 saturated heterocycles. The molecule has 0 aliphatic rings. The smallest absolute Gasteiger partial charge is 0.347 e. The fourth-order valence-electron chi connectivity index (χ4n) is 2.79. The first-order chi connectivity index (χ1) is 14.2. The molecule has 30 heavy (non-hydrogen) atoms. The van der Waals surface area contributed by atoms with E-state index in [9.17, 15) is 13.2 Å². The Labute approximate surface area is 193 Å². The Bertz CT molecular complexity index is 1440. The van der Waals surface area contributed by atoms with Gasteiger partial charge in [-0.2, -0.15) is 0 Å². The second kappa shape index (κ2) is 8.14. The summed E-state index contributed by atoms with van der Waals surface area (Å²) in [7, 11) is -3.90. The van der Waals surface area contributed by atoms with Gasteiger partial charge < -0.3 is 4.42 Å².